The summed E-state index contributed by atoms with van der Waals surface area (Å²) < 4.78 is 6.75. The number of fused-ring (bicyclic) bond motifs is 3. The largest absolute Gasteiger partial charge is 0.420 e. The zero-order chi connectivity index (χ0) is 22.4. The fourth-order valence-corrected chi connectivity index (χ4v) is 5.63. The van der Waals surface area contributed by atoms with E-state index in [1.165, 1.54) is 19.2 Å². The first kappa shape index (κ1) is 20.7. The van der Waals surface area contributed by atoms with E-state index < -0.39 is 17.3 Å². The third-order valence-corrected chi connectivity index (χ3v) is 7.11. The Bertz CT molecular complexity index is 1320. The molecule has 5 rings (SSSR count). The van der Waals surface area contributed by atoms with E-state index in [0.717, 1.165) is 27.3 Å². The Kier molecular flexibility index (Phi) is 5.19. The molecule has 162 valence electrons. The summed E-state index contributed by atoms with van der Waals surface area (Å²) in [6.07, 6.45) is 1.54. The van der Waals surface area contributed by atoms with Crippen molar-refractivity contribution >= 4 is 35.2 Å². The Balaban J connectivity index is 1.76. The lowest BCUT2D eigenvalue weighted by Crippen LogP contribution is -2.54. The molecule has 32 heavy (non-hydrogen) atoms. The highest BCUT2D eigenvalue weighted by Crippen LogP contribution is 2.45. The summed E-state index contributed by atoms with van der Waals surface area (Å²) in [5.41, 5.74) is 2.65. The van der Waals surface area contributed by atoms with Crippen molar-refractivity contribution in [3.8, 4) is 5.75 Å². The smallest absolute Gasteiger partial charge is 0.308 e. The molecule has 0 radical (unpaired) electrons. The predicted octanol–water partition coefficient (Wildman–Crippen LogP) is 3.46. The maximum Gasteiger partial charge on any atom is 0.308 e. The third kappa shape index (κ3) is 3.36. The van der Waals surface area contributed by atoms with Gasteiger partial charge in [-0.15, -0.1) is 11.8 Å². The van der Waals surface area contributed by atoms with E-state index in [2.05, 4.69) is 17.4 Å². The zero-order valence-corrected chi connectivity index (χ0v) is 18.6. The second kappa shape index (κ2) is 8.03. The van der Waals surface area contributed by atoms with Crippen molar-refractivity contribution in [2.24, 2.45) is 0 Å². The van der Waals surface area contributed by atoms with E-state index >= 15 is 0 Å². The first-order chi connectivity index (χ1) is 15.5. The minimum atomic E-state index is -0.672. The van der Waals surface area contributed by atoms with Gasteiger partial charge in [-0.05, 0) is 22.8 Å². The van der Waals surface area contributed by atoms with Crippen LogP contribution in [0.3, 0.4) is 0 Å². The summed E-state index contributed by atoms with van der Waals surface area (Å²) in [5, 5.41) is 5.41. The van der Waals surface area contributed by atoms with Gasteiger partial charge in [-0.3, -0.25) is 24.1 Å². The van der Waals surface area contributed by atoms with Crippen LogP contribution in [-0.4, -0.2) is 23.2 Å². The van der Waals surface area contributed by atoms with Gasteiger partial charge in [0.15, 0.2) is 5.69 Å². The molecule has 0 aliphatic carbocycles. The van der Waals surface area contributed by atoms with E-state index in [1.54, 1.807) is 16.4 Å². The molecule has 1 unspecified atom stereocenters. The molecule has 9 heteroatoms. The summed E-state index contributed by atoms with van der Waals surface area (Å²) in [6, 6.07) is 14.9. The van der Waals surface area contributed by atoms with Gasteiger partial charge >= 0.3 is 5.97 Å². The highest BCUT2D eigenvalue weighted by atomic mass is 35.5. The molecule has 2 aliphatic heterocycles. The van der Waals surface area contributed by atoms with Crippen LogP contribution in [0, 0.1) is 0 Å². The minimum Gasteiger partial charge on any atom is -0.420 e. The first-order valence-electron chi connectivity index (χ1n) is 9.94. The maximum atomic E-state index is 12.8. The molecule has 0 saturated carbocycles. The van der Waals surface area contributed by atoms with E-state index in [0.29, 0.717) is 5.02 Å². The lowest BCUT2D eigenvalue weighted by molar-refractivity contribution is -0.132. The highest BCUT2D eigenvalue weighted by molar-refractivity contribution is 7.98. The number of nitrogens with one attached hydrogen (secondary N) is 1. The Hall–Kier alpha value is -3.23. The van der Waals surface area contributed by atoms with Crippen molar-refractivity contribution in [3.05, 3.63) is 92.4 Å². The number of nitrogens with zero attached hydrogens (tertiary/aromatic N) is 2. The maximum absolute atomic E-state index is 12.8. The lowest BCUT2D eigenvalue weighted by atomic mass is 9.94. The summed E-state index contributed by atoms with van der Waals surface area (Å²) in [6.45, 7) is 1.38. The molecular formula is C23H18ClN3O4S. The SMILES string of the molecule is CC(=O)Oc1c2n(ccc1=O)N(C1c3ccccc3CSc3c(Cl)cccc31)CNC2=O. The van der Waals surface area contributed by atoms with Crippen molar-refractivity contribution in [1.29, 1.82) is 0 Å². The van der Waals surface area contributed by atoms with Gasteiger partial charge in [-0.2, -0.15) is 0 Å². The number of aromatic nitrogens is 1. The van der Waals surface area contributed by atoms with Crippen molar-refractivity contribution in [2.75, 3.05) is 11.7 Å². The molecular weight excluding hydrogens is 450 g/mol. The molecule has 3 heterocycles. The van der Waals surface area contributed by atoms with Crippen LogP contribution in [-0.2, 0) is 10.5 Å². The van der Waals surface area contributed by atoms with E-state index in [1.807, 2.05) is 35.3 Å². The van der Waals surface area contributed by atoms with Gasteiger partial charge in [0.1, 0.15) is 6.67 Å². The third-order valence-electron chi connectivity index (χ3n) is 5.49. The number of halogens is 1. The van der Waals surface area contributed by atoms with Crippen LogP contribution in [0.1, 0.15) is 40.1 Å². The van der Waals surface area contributed by atoms with Gasteiger partial charge in [0.05, 0.1) is 11.1 Å². The predicted molar refractivity (Wildman–Crippen MR) is 122 cm³/mol. The van der Waals surface area contributed by atoms with Gasteiger partial charge in [0.25, 0.3) is 5.91 Å². The van der Waals surface area contributed by atoms with Crippen LogP contribution in [0.4, 0.5) is 0 Å². The molecule has 1 atom stereocenters. The average Bonchev–Trinajstić information content (AvgIpc) is 2.93. The van der Waals surface area contributed by atoms with Crippen LogP contribution >= 0.6 is 23.4 Å². The van der Waals surface area contributed by atoms with Crippen molar-refractivity contribution in [2.45, 2.75) is 23.6 Å². The first-order valence-corrected chi connectivity index (χ1v) is 11.3. The molecule has 1 N–H and O–H groups in total. The number of hydrogen-bond donors (Lipinski definition) is 1. The van der Waals surface area contributed by atoms with Crippen molar-refractivity contribution in [1.82, 2.24) is 9.99 Å². The summed E-state index contributed by atoms with van der Waals surface area (Å²) in [7, 11) is 0. The van der Waals surface area contributed by atoms with Crippen LogP contribution in [0.5, 0.6) is 5.75 Å². The molecule has 0 saturated heterocycles. The summed E-state index contributed by atoms with van der Waals surface area (Å²) in [4.78, 5) is 37.8. The molecule has 0 spiro atoms. The van der Waals surface area contributed by atoms with Crippen LogP contribution < -0.4 is 20.5 Å². The minimum absolute atomic E-state index is 0.0168. The van der Waals surface area contributed by atoms with Gasteiger partial charge in [0.2, 0.25) is 11.2 Å². The number of hydrogen-bond acceptors (Lipinski definition) is 6. The Morgan fingerprint density at radius 3 is 2.72 bits per heavy atom. The molecule has 3 aromatic rings. The molecule has 0 fully saturated rings. The number of ether oxygens (including phenoxy) is 1. The summed E-state index contributed by atoms with van der Waals surface area (Å²) in [5.74, 6) is -0.698. The number of rotatable bonds is 2. The standard InChI is InChI=1S/C23H18ClN3O4S/c1-13(28)31-21-18(29)9-10-26-20(21)23(30)25-12-27(26)19-15-6-3-2-5-14(15)11-32-22-16(19)7-4-8-17(22)24/h2-10,19H,11-12H2,1H3,(H,25,30). The number of esters is 1. The molecule has 2 aromatic carbocycles. The van der Waals surface area contributed by atoms with Crippen molar-refractivity contribution in [3.63, 3.8) is 0 Å². The molecule has 7 nitrogen and oxygen atoms in total. The van der Waals surface area contributed by atoms with Gasteiger partial charge in [-0.1, -0.05) is 48.0 Å². The molecule has 0 bridgehead atoms. The molecule has 1 amide bonds. The normalized spacial score (nSPS) is 16.9. The van der Waals surface area contributed by atoms with Gasteiger partial charge in [-0.25, -0.2) is 0 Å². The second-order valence-electron chi connectivity index (χ2n) is 7.45. The lowest BCUT2D eigenvalue weighted by Gasteiger charge is -2.40. The topological polar surface area (TPSA) is 80.6 Å². The van der Waals surface area contributed by atoms with E-state index in [-0.39, 0.29) is 24.2 Å². The highest BCUT2D eigenvalue weighted by Gasteiger charge is 2.36. The zero-order valence-electron chi connectivity index (χ0n) is 17.0. The van der Waals surface area contributed by atoms with Crippen molar-refractivity contribution < 1.29 is 14.3 Å². The molecule has 1 aromatic heterocycles. The Morgan fingerprint density at radius 2 is 1.91 bits per heavy atom. The Morgan fingerprint density at radius 1 is 1.12 bits per heavy atom. The fourth-order valence-electron chi connectivity index (χ4n) is 4.17. The number of benzene rings is 2. The van der Waals surface area contributed by atoms with Crippen LogP contribution in [0.15, 0.2) is 64.4 Å². The monoisotopic (exact) mass is 467 g/mol. The fraction of sp³-hybridized carbons (Fsp3) is 0.174. The van der Waals surface area contributed by atoms with Crippen LogP contribution in [0.2, 0.25) is 5.02 Å². The molecule has 2 aliphatic rings. The van der Waals surface area contributed by atoms with E-state index in [4.69, 9.17) is 16.3 Å². The van der Waals surface area contributed by atoms with Crippen LogP contribution in [0.25, 0.3) is 0 Å². The Labute approximate surface area is 192 Å². The number of thioether (sulfide) groups is 1. The quantitative estimate of drug-likeness (QED) is 0.581. The number of amides is 1. The summed E-state index contributed by atoms with van der Waals surface area (Å²) >= 11 is 8.24. The van der Waals surface area contributed by atoms with Gasteiger partial charge < -0.3 is 10.1 Å². The van der Waals surface area contributed by atoms with Gasteiger partial charge in [0, 0.05) is 29.8 Å². The number of carbonyl (C=O) groups is 2. The number of carbonyl (C=O) groups excluding carboxylic acids is 2. The van der Waals surface area contributed by atoms with E-state index in [9.17, 15) is 14.4 Å². The second-order valence-corrected chi connectivity index (χ2v) is 8.84. The average molecular weight is 468 g/mol. The number of pyridine rings is 1.